The molecule has 0 unspecified atom stereocenters. The van der Waals surface area contributed by atoms with Gasteiger partial charge in [0.25, 0.3) is 0 Å². The van der Waals surface area contributed by atoms with Crippen LogP contribution in [0.3, 0.4) is 0 Å². The van der Waals surface area contributed by atoms with Crippen molar-refractivity contribution in [2.24, 2.45) is 0 Å². The molecule has 0 saturated heterocycles. The number of hydrogen-bond donors (Lipinski definition) is 2. The number of aliphatic hydroxyl groups is 1. The molecular formula is C11H17NO5S. The van der Waals surface area contributed by atoms with Crippen molar-refractivity contribution in [3.63, 3.8) is 0 Å². The SMILES string of the molecule is COCCNS(=O)(=O)c1ccc(OCCO)cc1. The Morgan fingerprint density at radius 3 is 2.44 bits per heavy atom. The number of benzene rings is 1. The standard InChI is InChI=1S/C11H17NO5S/c1-16-8-6-12-18(14,15)11-4-2-10(3-5-11)17-9-7-13/h2-5,12-13H,6-9H2,1H3. The first-order valence-electron chi connectivity index (χ1n) is 5.42. The van der Waals surface area contributed by atoms with Crippen molar-refractivity contribution < 1.29 is 23.0 Å². The Bertz CT molecular complexity index is 443. The van der Waals surface area contributed by atoms with E-state index in [-0.39, 0.29) is 24.7 Å². The third kappa shape index (κ3) is 4.61. The molecule has 0 bridgehead atoms. The molecule has 1 aromatic rings. The monoisotopic (exact) mass is 275 g/mol. The Labute approximate surface area is 107 Å². The van der Waals surface area contributed by atoms with Crippen molar-refractivity contribution in [1.82, 2.24) is 4.72 Å². The zero-order valence-corrected chi connectivity index (χ0v) is 10.9. The zero-order valence-electron chi connectivity index (χ0n) is 10.1. The summed E-state index contributed by atoms with van der Waals surface area (Å²) in [7, 11) is -2.00. The van der Waals surface area contributed by atoms with E-state index >= 15 is 0 Å². The Morgan fingerprint density at radius 2 is 1.89 bits per heavy atom. The molecule has 6 nitrogen and oxygen atoms in total. The van der Waals surface area contributed by atoms with E-state index in [1.807, 2.05) is 0 Å². The van der Waals surface area contributed by atoms with Gasteiger partial charge in [0.1, 0.15) is 12.4 Å². The van der Waals surface area contributed by atoms with E-state index in [9.17, 15) is 8.42 Å². The largest absolute Gasteiger partial charge is 0.491 e. The van der Waals surface area contributed by atoms with Crippen LogP contribution in [0.25, 0.3) is 0 Å². The molecule has 1 aromatic carbocycles. The van der Waals surface area contributed by atoms with Gasteiger partial charge in [-0.2, -0.15) is 0 Å². The predicted molar refractivity (Wildman–Crippen MR) is 66.1 cm³/mol. The summed E-state index contributed by atoms with van der Waals surface area (Å²) in [5.74, 6) is 0.514. The Balaban J connectivity index is 2.65. The topological polar surface area (TPSA) is 84.9 Å². The minimum atomic E-state index is -3.50. The Kier molecular flexibility index (Phi) is 6.06. The van der Waals surface area contributed by atoms with Gasteiger partial charge in [0, 0.05) is 13.7 Å². The Morgan fingerprint density at radius 1 is 1.22 bits per heavy atom. The van der Waals surface area contributed by atoms with Crippen molar-refractivity contribution in [1.29, 1.82) is 0 Å². The van der Waals surface area contributed by atoms with Crippen LogP contribution >= 0.6 is 0 Å². The summed E-state index contributed by atoms with van der Waals surface area (Å²) in [5, 5.41) is 8.59. The lowest BCUT2D eigenvalue weighted by molar-refractivity contribution is 0.201. The molecule has 0 atom stereocenters. The summed E-state index contributed by atoms with van der Waals surface area (Å²) >= 11 is 0. The van der Waals surface area contributed by atoms with Crippen molar-refractivity contribution in [2.45, 2.75) is 4.90 Å². The number of nitrogens with one attached hydrogen (secondary N) is 1. The molecule has 0 saturated carbocycles. The fourth-order valence-corrected chi connectivity index (χ4v) is 2.25. The second kappa shape index (κ2) is 7.32. The van der Waals surface area contributed by atoms with Crippen LogP contribution in [0.4, 0.5) is 0 Å². The third-order valence-electron chi connectivity index (χ3n) is 2.09. The predicted octanol–water partition coefficient (Wildman–Crippen LogP) is -0.0176. The molecule has 0 radical (unpaired) electrons. The highest BCUT2D eigenvalue weighted by molar-refractivity contribution is 7.89. The summed E-state index contributed by atoms with van der Waals surface area (Å²) in [5.41, 5.74) is 0. The minimum absolute atomic E-state index is 0.0847. The van der Waals surface area contributed by atoms with Crippen molar-refractivity contribution in [3.8, 4) is 5.75 Å². The molecule has 0 spiro atoms. The van der Waals surface area contributed by atoms with Gasteiger partial charge in [-0.25, -0.2) is 13.1 Å². The maximum atomic E-state index is 11.8. The molecule has 18 heavy (non-hydrogen) atoms. The van der Waals surface area contributed by atoms with Gasteiger partial charge in [-0.15, -0.1) is 0 Å². The molecule has 0 aliphatic heterocycles. The molecule has 0 amide bonds. The Hall–Kier alpha value is -1.15. The van der Waals surface area contributed by atoms with Gasteiger partial charge >= 0.3 is 0 Å². The summed E-state index contributed by atoms with van der Waals surface area (Å²) in [6.07, 6.45) is 0. The highest BCUT2D eigenvalue weighted by atomic mass is 32.2. The summed E-state index contributed by atoms with van der Waals surface area (Å²) in [6, 6.07) is 5.98. The molecule has 1 rings (SSSR count). The fourth-order valence-electron chi connectivity index (χ4n) is 1.24. The molecule has 0 heterocycles. The van der Waals surface area contributed by atoms with Crippen LogP contribution in [0.2, 0.25) is 0 Å². The average Bonchev–Trinajstić information content (AvgIpc) is 2.37. The van der Waals surface area contributed by atoms with Crippen LogP contribution in [0.15, 0.2) is 29.2 Å². The lowest BCUT2D eigenvalue weighted by atomic mass is 10.3. The van der Waals surface area contributed by atoms with Gasteiger partial charge in [-0.1, -0.05) is 0 Å². The number of sulfonamides is 1. The maximum Gasteiger partial charge on any atom is 0.240 e. The zero-order chi connectivity index (χ0) is 13.4. The normalized spacial score (nSPS) is 11.4. The van der Waals surface area contributed by atoms with Crippen LogP contribution in [0, 0.1) is 0 Å². The van der Waals surface area contributed by atoms with E-state index < -0.39 is 10.0 Å². The quantitative estimate of drug-likeness (QED) is 0.651. The number of methoxy groups -OCH3 is 1. The van der Waals surface area contributed by atoms with Crippen LogP contribution in [0.1, 0.15) is 0 Å². The minimum Gasteiger partial charge on any atom is -0.491 e. The highest BCUT2D eigenvalue weighted by Crippen LogP contribution is 2.15. The van der Waals surface area contributed by atoms with E-state index in [4.69, 9.17) is 14.6 Å². The van der Waals surface area contributed by atoms with Crippen LogP contribution in [0.5, 0.6) is 5.75 Å². The van der Waals surface area contributed by atoms with Gasteiger partial charge in [0.05, 0.1) is 18.1 Å². The summed E-state index contributed by atoms with van der Waals surface area (Å²) in [4.78, 5) is 0.162. The second-order valence-electron chi connectivity index (χ2n) is 3.43. The van der Waals surface area contributed by atoms with Gasteiger partial charge in [0.2, 0.25) is 10.0 Å². The third-order valence-corrected chi connectivity index (χ3v) is 3.57. The van der Waals surface area contributed by atoms with E-state index in [1.165, 1.54) is 19.2 Å². The lowest BCUT2D eigenvalue weighted by Crippen LogP contribution is -2.27. The molecule has 102 valence electrons. The molecule has 0 aliphatic carbocycles. The smallest absolute Gasteiger partial charge is 0.240 e. The molecule has 0 aromatic heterocycles. The number of rotatable bonds is 8. The van der Waals surface area contributed by atoms with Gasteiger partial charge in [0.15, 0.2) is 0 Å². The maximum absolute atomic E-state index is 11.8. The van der Waals surface area contributed by atoms with Gasteiger partial charge in [-0.05, 0) is 24.3 Å². The average molecular weight is 275 g/mol. The molecule has 0 aliphatic rings. The number of aliphatic hydroxyl groups excluding tert-OH is 1. The van der Waals surface area contributed by atoms with E-state index in [0.717, 1.165) is 0 Å². The highest BCUT2D eigenvalue weighted by Gasteiger charge is 2.12. The van der Waals surface area contributed by atoms with Crippen molar-refractivity contribution in [3.05, 3.63) is 24.3 Å². The van der Waals surface area contributed by atoms with E-state index in [0.29, 0.717) is 12.4 Å². The summed E-state index contributed by atoms with van der Waals surface area (Å²) < 4.78 is 35.9. The van der Waals surface area contributed by atoms with Crippen LogP contribution in [-0.2, 0) is 14.8 Å². The first-order chi connectivity index (χ1) is 8.60. The summed E-state index contributed by atoms with van der Waals surface area (Å²) in [6.45, 7) is 0.634. The molecule has 2 N–H and O–H groups in total. The van der Waals surface area contributed by atoms with E-state index in [2.05, 4.69) is 4.72 Å². The lowest BCUT2D eigenvalue weighted by Gasteiger charge is -2.08. The molecular weight excluding hydrogens is 258 g/mol. The van der Waals surface area contributed by atoms with Gasteiger partial charge < -0.3 is 14.6 Å². The van der Waals surface area contributed by atoms with Gasteiger partial charge in [-0.3, -0.25) is 0 Å². The van der Waals surface area contributed by atoms with Crippen molar-refractivity contribution >= 4 is 10.0 Å². The molecule has 7 heteroatoms. The van der Waals surface area contributed by atoms with E-state index in [1.54, 1.807) is 12.1 Å². The van der Waals surface area contributed by atoms with Crippen LogP contribution in [-0.4, -0.2) is 47.0 Å². The van der Waals surface area contributed by atoms with Crippen LogP contribution < -0.4 is 9.46 Å². The first kappa shape index (κ1) is 14.9. The number of ether oxygens (including phenoxy) is 2. The number of hydrogen-bond acceptors (Lipinski definition) is 5. The fraction of sp³-hybridized carbons (Fsp3) is 0.455. The van der Waals surface area contributed by atoms with Crippen molar-refractivity contribution in [2.75, 3.05) is 33.5 Å². The molecule has 0 fully saturated rings. The second-order valence-corrected chi connectivity index (χ2v) is 5.20. The first-order valence-corrected chi connectivity index (χ1v) is 6.91.